The third kappa shape index (κ3) is 2.52. The molecule has 0 saturated heterocycles. The van der Waals surface area contributed by atoms with Gasteiger partial charge >= 0.3 is 0 Å². The van der Waals surface area contributed by atoms with Gasteiger partial charge in [-0.1, -0.05) is 16.9 Å². The molecule has 0 aliphatic carbocycles. The predicted octanol–water partition coefficient (Wildman–Crippen LogP) is 3.05. The maximum Gasteiger partial charge on any atom is 0.256 e. The third-order valence-corrected chi connectivity index (χ3v) is 3.84. The Balaban J connectivity index is 1.49. The molecule has 22 heavy (non-hydrogen) atoms. The first kappa shape index (κ1) is 13.2. The van der Waals surface area contributed by atoms with Crippen LogP contribution in [0.1, 0.15) is 11.6 Å². The van der Waals surface area contributed by atoms with Crippen LogP contribution in [0.5, 0.6) is 11.5 Å². The summed E-state index contributed by atoms with van der Waals surface area (Å²) in [7, 11) is 0. The second-order valence-electron chi connectivity index (χ2n) is 4.62. The van der Waals surface area contributed by atoms with Crippen LogP contribution >= 0.6 is 11.8 Å². The molecule has 7 nitrogen and oxygen atoms in total. The topological polar surface area (TPSA) is 83.4 Å². The molecule has 4 rings (SSSR count). The highest BCUT2D eigenvalue weighted by Gasteiger charge is 2.16. The number of benzene rings is 1. The standard InChI is InChI=1S/C14H11N3O4S/c1-8-5-18-14(15-8)22-6-12-16-13(17-21-12)9-2-3-10-11(4-9)20-7-19-10/h2-5H,6-7H2,1H3. The summed E-state index contributed by atoms with van der Waals surface area (Å²) < 4.78 is 21.1. The van der Waals surface area contributed by atoms with Crippen LogP contribution in [-0.2, 0) is 5.75 Å². The molecule has 0 amide bonds. The minimum Gasteiger partial charge on any atom is -0.454 e. The molecule has 1 aliphatic heterocycles. The Morgan fingerprint density at radius 3 is 2.95 bits per heavy atom. The van der Waals surface area contributed by atoms with Crippen molar-refractivity contribution in [3.05, 3.63) is 36.0 Å². The fraction of sp³-hybridized carbons (Fsp3) is 0.214. The van der Waals surface area contributed by atoms with Gasteiger partial charge in [-0.05, 0) is 25.1 Å². The van der Waals surface area contributed by atoms with Crippen LogP contribution in [0.2, 0.25) is 0 Å². The Labute approximate surface area is 129 Å². The predicted molar refractivity (Wildman–Crippen MR) is 76.7 cm³/mol. The second-order valence-corrected chi connectivity index (χ2v) is 5.55. The molecule has 0 atom stereocenters. The van der Waals surface area contributed by atoms with E-state index in [1.54, 1.807) is 6.26 Å². The quantitative estimate of drug-likeness (QED) is 0.679. The molecule has 112 valence electrons. The molecule has 8 heteroatoms. The maximum absolute atomic E-state index is 5.34. The van der Waals surface area contributed by atoms with Crippen molar-refractivity contribution in [3.63, 3.8) is 0 Å². The molecule has 0 radical (unpaired) electrons. The molecule has 0 saturated carbocycles. The molecule has 1 aromatic carbocycles. The highest BCUT2D eigenvalue weighted by molar-refractivity contribution is 7.98. The van der Waals surface area contributed by atoms with Crippen LogP contribution in [0.4, 0.5) is 0 Å². The lowest BCUT2D eigenvalue weighted by Crippen LogP contribution is -1.92. The van der Waals surface area contributed by atoms with Crippen LogP contribution in [0, 0.1) is 6.92 Å². The molecule has 3 aromatic rings. The largest absolute Gasteiger partial charge is 0.454 e. The van der Waals surface area contributed by atoms with E-state index in [0.717, 1.165) is 17.0 Å². The summed E-state index contributed by atoms with van der Waals surface area (Å²) >= 11 is 1.40. The van der Waals surface area contributed by atoms with Crippen LogP contribution in [-0.4, -0.2) is 21.9 Å². The molecule has 0 spiro atoms. The minimum absolute atomic E-state index is 0.239. The fourth-order valence-electron chi connectivity index (χ4n) is 1.99. The molecule has 3 heterocycles. The van der Waals surface area contributed by atoms with Gasteiger partial charge in [0, 0.05) is 5.56 Å². The van der Waals surface area contributed by atoms with E-state index in [0.29, 0.717) is 28.4 Å². The number of ether oxygens (including phenoxy) is 2. The van der Waals surface area contributed by atoms with E-state index in [9.17, 15) is 0 Å². The Hall–Kier alpha value is -2.48. The van der Waals surface area contributed by atoms with Crippen LogP contribution in [0.15, 0.2) is 38.6 Å². The minimum atomic E-state index is 0.239. The van der Waals surface area contributed by atoms with Gasteiger partial charge in [0.15, 0.2) is 11.5 Å². The normalized spacial score (nSPS) is 12.8. The first-order chi connectivity index (χ1) is 10.8. The van der Waals surface area contributed by atoms with Gasteiger partial charge in [-0.25, -0.2) is 4.98 Å². The number of hydrogen-bond acceptors (Lipinski definition) is 8. The van der Waals surface area contributed by atoms with E-state index in [-0.39, 0.29) is 6.79 Å². The van der Waals surface area contributed by atoms with E-state index in [1.165, 1.54) is 11.8 Å². The third-order valence-electron chi connectivity index (χ3n) is 3.02. The molecule has 0 unspecified atom stereocenters. The molecule has 0 N–H and O–H groups in total. The van der Waals surface area contributed by atoms with Crippen molar-refractivity contribution in [2.45, 2.75) is 17.9 Å². The Kier molecular flexibility index (Phi) is 3.23. The van der Waals surface area contributed by atoms with E-state index < -0.39 is 0 Å². The highest BCUT2D eigenvalue weighted by atomic mass is 32.2. The van der Waals surface area contributed by atoms with Crippen molar-refractivity contribution in [1.29, 1.82) is 0 Å². The van der Waals surface area contributed by atoms with Crippen LogP contribution < -0.4 is 9.47 Å². The number of thioether (sulfide) groups is 1. The fourth-order valence-corrected chi connectivity index (χ4v) is 2.68. The molecule has 0 bridgehead atoms. The van der Waals surface area contributed by atoms with Crippen molar-refractivity contribution in [1.82, 2.24) is 15.1 Å². The van der Waals surface area contributed by atoms with Gasteiger partial charge < -0.3 is 18.4 Å². The summed E-state index contributed by atoms with van der Waals surface area (Å²) in [5, 5.41) is 4.57. The van der Waals surface area contributed by atoms with E-state index >= 15 is 0 Å². The highest BCUT2D eigenvalue weighted by Crippen LogP contribution is 2.35. The number of hydrogen-bond donors (Lipinski definition) is 0. The summed E-state index contributed by atoms with van der Waals surface area (Å²) in [6.45, 7) is 2.11. The van der Waals surface area contributed by atoms with E-state index in [4.69, 9.17) is 18.4 Å². The van der Waals surface area contributed by atoms with Crippen molar-refractivity contribution in [2.75, 3.05) is 6.79 Å². The van der Waals surface area contributed by atoms with Crippen molar-refractivity contribution >= 4 is 11.8 Å². The summed E-state index contributed by atoms with van der Waals surface area (Å²) in [6, 6.07) is 5.53. The van der Waals surface area contributed by atoms with Gasteiger partial charge in [-0.15, -0.1) is 0 Å². The second kappa shape index (κ2) is 5.38. The van der Waals surface area contributed by atoms with Crippen molar-refractivity contribution in [2.24, 2.45) is 0 Å². The summed E-state index contributed by atoms with van der Waals surface area (Å²) in [6.07, 6.45) is 1.61. The molecule has 0 fully saturated rings. The number of aryl methyl sites for hydroxylation is 1. The van der Waals surface area contributed by atoms with E-state index in [1.807, 2.05) is 25.1 Å². The van der Waals surface area contributed by atoms with Crippen LogP contribution in [0.3, 0.4) is 0 Å². The lowest BCUT2D eigenvalue weighted by atomic mass is 10.2. The number of rotatable bonds is 4. The Morgan fingerprint density at radius 2 is 2.09 bits per heavy atom. The van der Waals surface area contributed by atoms with Gasteiger partial charge in [0.05, 0.1) is 11.4 Å². The Bertz CT molecular complexity index is 814. The zero-order valence-electron chi connectivity index (χ0n) is 11.6. The summed E-state index contributed by atoms with van der Waals surface area (Å²) in [5.74, 6) is 2.93. The first-order valence-electron chi connectivity index (χ1n) is 6.55. The first-order valence-corrected chi connectivity index (χ1v) is 7.54. The Morgan fingerprint density at radius 1 is 1.18 bits per heavy atom. The summed E-state index contributed by atoms with van der Waals surface area (Å²) in [5.41, 5.74) is 1.66. The van der Waals surface area contributed by atoms with E-state index in [2.05, 4.69) is 15.1 Å². The number of fused-ring (bicyclic) bond motifs is 1. The number of aromatic nitrogens is 3. The van der Waals surface area contributed by atoms with Crippen LogP contribution in [0.25, 0.3) is 11.4 Å². The van der Waals surface area contributed by atoms with Gasteiger partial charge in [0.25, 0.3) is 5.22 Å². The zero-order valence-corrected chi connectivity index (χ0v) is 12.4. The molecular formula is C14H11N3O4S. The zero-order chi connectivity index (χ0) is 14.9. The summed E-state index contributed by atoms with van der Waals surface area (Å²) in [4.78, 5) is 8.57. The lowest BCUT2D eigenvalue weighted by molar-refractivity contribution is 0.174. The number of oxazole rings is 1. The van der Waals surface area contributed by atoms with Gasteiger partial charge in [0.2, 0.25) is 18.5 Å². The number of nitrogens with zero attached hydrogens (tertiary/aromatic N) is 3. The molecule has 1 aliphatic rings. The van der Waals surface area contributed by atoms with Crippen molar-refractivity contribution < 1.29 is 18.4 Å². The SMILES string of the molecule is Cc1coc(SCc2nc(-c3ccc4c(c3)OCO4)no2)n1. The molecule has 2 aromatic heterocycles. The average Bonchev–Trinajstić information content (AvgIpc) is 3.24. The monoisotopic (exact) mass is 317 g/mol. The average molecular weight is 317 g/mol. The van der Waals surface area contributed by atoms with Gasteiger partial charge in [0.1, 0.15) is 6.26 Å². The maximum atomic E-state index is 5.34. The van der Waals surface area contributed by atoms with Gasteiger partial charge in [-0.2, -0.15) is 4.98 Å². The van der Waals surface area contributed by atoms with Crippen molar-refractivity contribution in [3.8, 4) is 22.9 Å². The lowest BCUT2D eigenvalue weighted by Gasteiger charge is -1.97. The molecular weight excluding hydrogens is 306 g/mol. The van der Waals surface area contributed by atoms with Gasteiger partial charge in [-0.3, -0.25) is 0 Å². The smallest absolute Gasteiger partial charge is 0.256 e.